The van der Waals surface area contributed by atoms with Gasteiger partial charge in [-0.1, -0.05) is 0 Å². The summed E-state index contributed by atoms with van der Waals surface area (Å²) in [5.74, 6) is -1.43. The Labute approximate surface area is 92.0 Å². The maximum absolute atomic E-state index is 13.1. The van der Waals surface area contributed by atoms with Crippen LogP contribution in [0.2, 0.25) is 0 Å². The molecule has 0 fully saturated rings. The smallest absolute Gasteiger partial charge is 0.276 e. The Morgan fingerprint density at radius 2 is 1.94 bits per heavy atom. The maximum Gasteiger partial charge on any atom is 0.416 e. The Balaban J connectivity index is 3.54. The fraction of sp³-hybridized carbons (Fsp3) is 0.111. The quantitative estimate of drug-likeness (QED) is 0.568. The molecule has 0 amide bonds. The molecule has 0 saturated carbocycles. The second-order valence-electron chi connectivity index (χ2n) is 2.76. The third-order valence-electron chi connectivity index (χ3n) is 1.74. The zero-order valence-electron chi connectivity index (χ0n) is 7.40. The molecule has 2 nitrogen and oxygen atoms in total. The van der Waals surface area contributed by atoms with Crippen molar-refractivity contribution in [3.63, 3.8) is 0 Å². The molecule has 0 aliphatic heterocycles. The Morgan fingerprint density at radius 3 is 2.31 bits per heavy atom. The Kier molecular flexibility index (Phi) is 3.19. The summed E-state index contributed by atoms with van der Waals surface area (Å²) in [5, 5.41) is 7.14. The molecule has 0 atom stereocenters. The Morgan fingerprint density at radius 1 is 1.38 bits per heavy atom. The third-order valence-corrected chi connectivity index (χ3v) is 1.94. The number of benzene rings is 1. The largest absolute Gasteiger partial charge is 0.416 e. The molecule has 0 aliphatic rings. The molecule has 1 aromatic rings. The molecule has 0 spiro atoms. The van der Waals surface area contributed by atoms with Crippen molar-refractivity contribution in [1.82, 2.24) is 0 Å². The fourth-order valence-corrected chi connectivity index (χ4v) is 1.19. The minimum atomic E-state index is -4.81. The van der Waals surface area contributed by atoms with Crippen molar-refractivity contribution in [3.05, 3.63) is 34.6 Å². The lowest BCUT2D eigenvalue weighted by molar-refractivity contribution is -0.137. The van der Waals surface area contributed by atoms with E-state index in [-0.39, 0.29) is 6.07 Å². The minimum Gasteiger partial charge on any atom is -0.276 e. The predicted octanol–water partition coefficient (Wildman–Crippen LogP) is 3.10. The predicted molar refractivity (Wildman–Crippen MR) is 46.3 cm³/mol. The van der Waals surface area contributed by atoms with Crippen molar-refractivity contribution < 1.29 is 22.4 Å². The first-order valence-electron chi connectivity index (χ1n) is 3.78. The average Bonchev–Trinajstić information content (AvgIpc) is 2.14. The monoisotopic (exact) mass is 251 g/mol. The van der Waals surface area contributed by atoms with Crippen LogP contribution in [0.15, 0.2) is 12.1 Å². The number of halogens is 5. The SMILES string of the molecule is N#Cc1c(F)cc(C(F)(F)F)cc1C(=O)Cl. The van der Waals surface area contributed by atoms with Crippen LogP contribution >= 0.6 is 11.6 Å². The third kappa shape index (κ3) is 2.31. The summed E-state index contributed by atoms with van der Waals surface area (Å²) in [6.07, 6.45) is -4.81. The lowest BCUT2D eigenvalue weighted by Gasteiger charge is -2.08. The molecule has 0 heterocycles. The van der Waals surface area contributed by atoms with E-state index in [1.807, 2.05) is 0 Å². The molecule has 0 radical (unpaired) electrons. The molecule has 0 aromatic heterocycles. The number of nitrogens with zero attached hydrogens (tertiary/aromatic N) is 1. The van der Waals surface area contributed by atoms with Gasteiger partial charge in [0.15, 0.2) is 0 Å². The van der Waals surface area contributed by atoms with Gasteiger partial charge in [-0.05, 0) is 23.7 Å². The van der Waals surface area contributed by atoms with Crippen LogP contribution in [0.5, 0.6) is 0 Å². The number of alkyl halides is 3. The lowest BCUT2D eigenvalue weighted by Crippen LogP contribution is -2.09. The van der Waals surface area contributed by atoms with Crippen LogP contribution in [0.4, 0.5) is 17.6 Å². The van der Waals surface area contributed by atoms with E-state index in [2.05, 4.69) is 0 Å². The van der Waals surface area contributed by atoms with E-state index in [0.717, 1.165) is 0 Å². The number of hydrogen-bond donors (Lipinski definition) is 0. The standard InChI is InChI=1S/C9H2ClF4NO/c10-8(16)5-1-4(9(12,13)14)2-7(11)6(5)3-15/h1-2H. The van der Waals surface area contributed by atoms with Crippen molar-refractivity contribution in [2.24, 2.45) is 0 Å². The molecule has 1 aromatic carbocycles. The molecule has 0 saturated heterocycles. The van der Waals surface area contributed by atoms with Crippen LogP contribution in [-0.2, 0) is 6.18 Å². The topological polar surface area (TPSA) is 40.9 Å². The van der Waals surface area contributed by atoms with E-state index >= 15 is 0 Å². The van der Waals surface area contributed by atoms with Gasteiger partial charge in [0, 0.05) is 0 Å². The van der Waals surface area contributed by atoms with Gasteiger partial charge < -0.3 is 0 Å². The Bertz CT molecular complexity index is 490. The van der Waals surface area contributed by atoms with Gasteiger partial charge in [0.2, 0.25) is 0 Å². The van der Waals surface area contributed by atoms with Crippen LogP contribution in [0.3, 0.4) is 0 Å². The van der Waals surface area contributed by atoms with Crippen LogP contribution in [-0.4, -0.2) is 5.24 Å². The molecule has 84 valence electrons. The number of rotatable bonds is 1. The number of nitriles is 1. The summed E-state index contributed by atoms with van der Waals surface area (Å²) < 4.78 is 49.8. The van der Waals surface area contributed by atoms with Gasteiger partial charge in [0.25, 0.3) is 5.24 Å². The first kappa shape index (κ1) is 12.5. The van der Waals surface area contributed by atoms with Crippen molar-refractivity contribution in [2.45, 2.75) is 6.18 Å². The molecule has 7 heteroatoms. The first-order chi connectivity index (χ1) is 7.27. The van der Waals surface area contributed by atoms with Crippen LogP contribution in [0.1, 0.15) is 21.5 Å². The highest BCUT2D eigenvalue weighted by Gasteiger charge is 2.33. The normalized spacial score (nSPS) is 11.0. The summed E-state index contributed by atoms with van der Waals surface area (Å²) in [4.78, 5) is 10.7. The average molecular weight is 252 g/mol. The number of carbonyl (C=O) groups excluding carboxylic acids is 1. The molecule has 0 bridgehead atoms. The molecule has 0 aliphatic carbocycles. The first-order valence-corrected chi connectivity index (χ1v) is 4.16. The van der Waals surface area contributed by atoms with E-state index in [9.17, 15) is 22.4 Å². The summed E-state index contributed by atoms with van der Waals surface area (Å²) in [6, 6.07) is 1.76. The zero-order chi connectivity index (χ0) is 12.5. The van der Waals surface area contributed by atoms with Gasteiger partial charge in [-0.2, -0.15) is 18.4 Å². The molecular formula is C9H2ClF4NO. The summed E-state index contributed by atoms with van der Waals surface area (Å²) >= 11 is 4.96. The Hall–Kier alpha value is -1.61. The van der Waals surface area contributed by atoms with Crippen LogP contribution in [0, 0.1) is 17.1 Å². The molecule has 16 heavy (non-hydrogen) atoms. The molecule has 0 N–H and O–H groups in total. The second-order valence-corrected chi connectivity index (χ2v) is 3.11. The highest BCUT2D eigenvalue weighted by molar-refractivity contribution is 6.68. The van der Waals surface area contributed by atoms with Gasteiger partial charge in [0.1, 0.15) is 11.9 Å². The van der Waals surface area contributed by atoms with E-state index in [1.54, 1.807) is 0 Å². The maximum atomic E-state index is 13.1. The highest BCUT2D eigenvalue weighted by atomic mass is 35.5. The zero-order valence-corrected chi connectivity index (χ0v) is 8.16. The van der Waals surface area contributed by atoms with E-state index < -0.39 is 33.9 Å². The summed E-state index contributed by atoms with van der Waals surface area (Å²) in [5.41, 5.74) is -2.96. The van der Waals surface area contributed by atoms with Crippen LogP contribution in [0.25, 0.3) is 0 Å². The van der Waals surface area contributed by atoms with Crippen molar-refractivity contribution >= 4 is 16.8 Å². The molecule has 0 unspecified atom stereocenters. The second kappa shape index (κ2) is 4.10. The van der Waals surface area contributed by atoms with Gasteiger partial charge in [-0.3, -0.25) is 4.79 Å². The summed E-state index contributed by atoms with van der Waals surface area (Å²) in [7, 11) is 0. The van der Waals surface area contributed by atoms with Gasteiger partial charge in [-0.25, -0.2) is 4.39 Å². The lowest BCUT2D eigenvalue weighted by atomic mass is 10.0. The number of hydrogen-bond acceptors (Lipinski definition) is 2. The van der Waals surface area contributed by atoms with Crippen molar-refractivity contribution in [1.29, 1.82) is 5.26 Å². The van der Waals surface area contributed by atoms with E-state index in [0.29, 0.717) is 6.07 Å². The highest BCUT2D eigenvalue weighted by Crippen LogP contribution is 2.32. The fourth-order valence-electron chi connectivity index (χ4n) is 1.04. The summed E-state index contributed by atoms with van der Waals surface area (Å²) in [6.45, 7) is 0. The molecular weight excluding hydrogens is 250 g/mol. The van der Waals surface area contributed by atoms with Gasteiger partial charge >= 0.3 is 6.18 Å². The van der Waals surface area contributed by atoms with Crippen molar-refractivity contribution in [3.8, 4) is 6.07 Å². The molecule has 1 rings (SSSR count). The van der Waals surface area contributed by atoms with Gasteiger partial charge in [0.05, 0.1) is 16.7 Å². The number of carbonyl (C=O) groups is 1. The van der Waals surface area contributed by atoms with E-state index in [4.69, 9.17) is 16.9 Å². The van der Waals surface area contributed by atoms with Crippen LogP contribution < -0.4 is 0 Å². The van der Waals surface area contributed by atoms with Crippen molar-refractivity contribution in [2.75, 3.05) is 0 Å². The van der Waals surface area contributed by atoms with Gasteiger partial charge in [-0.15, -0.1) is 0 Å². The van der Waals surface area contributed by atoms with E-state index in [1.165, 1.54) is 6.07 Å². The minimum absolute atomic E-state index is 0.141.